The molecule has 0 spiro atoms. The number of aliphatic hydroxyl groups excluding tert-OH is 3. The highest BCUT2D eigenvalue weighted by Gasteiger charge is 2.19. The van der Waals surface area contributed by atoms with Gasteiger partial charge in [-0.1, -0.05) is 36.4 Å². The number of aliphatic hydroxyl groups is 3. The Bertz CT molecular complexity index is 1200. The average molecular weight is 641 g/mol. The molecular formula is C34H40O12. The Morgan fingerprint density at radius 3 is 0.913 bits per heavy atom. The number of carbonyl (C=O) groups excluding carboxylic acids is 3. The summed E-state index contributed by atoms with van der Waals surface area (Å²) >= 11 is 0. The van der Waals surface area contributed by atoms with E-state index in [2.05, 4.69) is 0 Å². The number of benzene rings is 3. The highest BCUT2D eigenvalue weighted by molar-refractivity contribution is 5.66. The summed E-state index contributed by atoms with van der Waals surface area (Å²) in [6.45, 7) is 3.16. The molecule has 0 bridgehead atoms. The van der Waals surface area contributed by atoms with Gasteiger partial charge in [0.25, 0.3) is 0 Å². The Morgan fingerprint density at radius 2 is 0.696 bits per heavy atom. The molecule has 0 fully saturated rings. The third-order valence-corrected chi connectivity index (χ3v) is 6.40. The lowest BCUT2D eigenvalue weighted by molar-refractivity contribution is -0.145. The topological polar surface area (TPSA) is 167 Å². The molecule has 0 saturated heterocycles. The Balaban J connectivity index is 1.75. The van der Waals surface area contributed by atoms with Crippen LogP contribution in [-0.4, -0.2) is 91.2 Å². The quantitative estimate of drug-likeness (QED) is 0.106. The van der Waals surface area contributed by atoms with E-state index in [4.69, 9.17) is 28.4 Å². The van der Waals surface area contributed by atoms with Crippen molar-refractivity contribution in [3.05, 3.63) is 89.5 Å². The molecule has 12 heteroatoms. The summed E-state index contributed by atoms with van der Waals surface area (Å²) in [4.78, 5) is 32.9. The van der Waals surface area contributed by atoms with E-state index in [1.165, 1.54) is 20.8 Å². The van der Waals surface area contributed by atoms with E-state index in [0.29, 0.717) is 17.2 Å². The van der Waals surface area contributed by atoms with Gasteiger partial charge in [0.1, 0.15) is 75.2 Å². The van der Waals surface area contributed by atoms with Crippen molar-refractivity contribution in [2.45, 2.75) is 45.0 Å². The average Bonchev–Trinajstić information content (AvgIpc) is 3.04. The molecule has 0 aliphatic carbocycles. The lowest BCUT2D eigenvalue weighted by Crippen LogP contribution is -2.24. The first kappa shape index (κ1) is 35.8. The zero-order valence-electron chi connectivity index (χ0n) is 26.0. The molecule has 0 aliphatic rings. The number of hydrogen-bond acceptors (Lipinski definition) is 12. The van der Waals surface area contributed by atoms with Crippen LogP contribution in [0.15, 0.2) is 72.8 Å². The predicted molar refractivity (Wildman–Crippen MR) is 165 cm³/mol. The van der Waals surface area contributed by atoms with Gasteiger partial charge in [0.05, 0.1) is 0 Å². The zero-order valence-corrected chi connectivity index (χ0v) is 26.0. The van der Waals surface area contributed by atoms with E-state index in [-0.39, 0.29) is 45.6 Å². The van der Waals surface area contributed by atoms with Gasteiger partial charge in [-0.15, -0.1) is 0 Å². The monoisotopic (exact) mass is 640 g/mol. The van der Waals surface area contributed by atoms with Crippen LogP contribution in [0.4, 0.5) is 0 Å². The van der Waals surface area contributed by atoms with E-state index in [9.17, 15) is 29.7 Å². The SMILES string of the molecule is CC(=O)OCC(O)COc1ccc(C(c2ccc(OCC(O)COC(C)=O)cc2)c2ccc(OCC(O)COC(C)=O)cc2)cc1. The fraction of sp³-hybridized carbons (Fsp3) is 0.382. The molecule has 0 heterocycles. The largest absolute Gasteiger partial charge is 0.491 e. The van der Waals surface area contributed by atoms with E-state index in [1.807, 2.05) is 36.4 Å². The van der Waals surface area contributed by atoms with Crippen molar-refractivity contribution in [1.82, 2.24) is 0 Å². The second kappa shape index (κ2) is 18.4. The second-order valence-electron chi connectivity index (χ2n) is 10.4. The van der Waals surface area contributed by atoms with Gasteiger partial charge in [-0.3, -0.25) is 14.4 Å². The van der Waals surface area contributed by atoms with Gasteiger partial charge in [-0.25, -0.2) is 0 Å². The van der Waals surface area contributed by atoms with Crippen LogP contribution in [0.25, 0.3) is 0 Å². The normalized spacial score (nSPS) is 13.4. The first-order chi connectivity index (χ1) is 22.0. The minimum atomic E-state index is -0.969. The predicted octanol–water partition coefficient (Wildman–Crippen LogP) is 2.78. The summed E-state index contributed by atoms with van der Waals surface area (Å²) in [7, 11) is 0. The summed E-state index contributed by atoms with van der Waals surface area (Å²) in [5.74, 6) is -0.104. The maximum atomic E-state index is 11.0. The molecule has 0 aliphatic heterocycles. The summed E-state index contributed by atoms with van der Waals surface area (Å²) < 4.78 is 31.4. The minimum absolute atomic E-state index is 0.0515. The smallest absolute Gasteiger partial charge is 0.302 e. The zero-order chi connectivity index (χ0) is 33.5. The van der Waals surface area contributed by atoms with Crippen LogP contribution in [0, 0.1) is 0 Å². The van der Waals surface area contributed by atoms with E-state index >= 15 is 0 Å². The molecule has 3 rings (SSSR count). The van der Waals surface area contributed by atoms with Crippen molar-refractivity contribution >= 4 is 17.9 Å². The van der Waals surface area contributed by atoms with Crippen molar-refractivity contribution in [2.24, 2.45) is 0 Å². The molecule has 3 atom stereocenters. The lowest BCUT2D eigenvalue weighted by Gasteiger charge is -2.21. The van der Waals surface area contributed by atoms with Crippen LogP contribution in [0.1, 0.15) is 43.4 Å². The van der Waals surface area contributed by atoms with Crippen LogP contribution >= 0.6 is 0 Å². The summed E-state index contributed by atoms with van der Waals surface area (Å²) in [5.41, 5.74) is 2.80. The molecule has 0 amide bonds. The Labute approximate surface area is 267 Å². The fourth-order valence-corrected chi connectivity index (χ4v) is 4.21. The van der Waals surface area contributed by atoms with Crippen molar-refractivity contribution in [3.8, 4) is 17.2 Å². The number of esters is 3. The molecule has 3 unspecified atom stereocenters. The molecule has 3 aromatic carbocycles. The Morgan fingerprint density at radius 1 is 0.457 bits per heavy atom. The molecule has 0 saturated carbocycles. The van der Waals surface area contributed by atoms with Crippen LogP contribution < -0.4 is 14.2 Å². The van der Waals surface area contributed by atoms with Gasteiger partial charge < -0.3 is 43.7 Å². The molecule has 3 aromatic rings. The van der Waals surface area contributed by atoms with Crippen LogP contribution in [0.2, 0.25) is 0 Å². The number of ether oxygens (including phenoxy) is 6. The van der Waals surface area contributed by atoms with Gasteiger partial charge in [0, 0.05) is 26.7 Å². The maximum Gasteiger partial charge on any atom is 0.302 e. The minimum Gasteiger partial charge on any atom is -0.491 e. The lowest BCUT2D eigenvalue weighted by atomic mass is 9.85. The van der Waals surface area contributed by atoms with Crippen molar-refractivity contribution in [2.75, 3.05) is 39.6 Å². The Hall–Kier alpha value is -4.65. The van der Waals surface area contributed by atoms with Crippen LogP contribution in [-0.2, 0) is 28.6 Å². The highest BCUT2D eigenvalue weighted by Crippen LogP contribution is 2.34. The van der Waals surface area contributed by atoms with Gasteiger partial charge in [0.2, 0.25) is 0 Å². The van der Waals surface area contributed by atoms with Crippen molar-refractivity contribution in [3.63, 3.8) is 0 Å². The third kappa shape index (κ3) is 12.8. The third-order valence-electron chi connectivity index (χ3n) is 6.40. The van der Waals surface area contributed by atoms with Crippen molar-refractivity contribution in [1.29, 1.82) is 0 Å². The maximum absolute atomic E-state index is 11.0. The molecule has 3 N–H and O–H groups in total. The first-order valence-electron chi connectivity index (χ1n) is 14.6. The van der Waals surface area contributed by atoms with Gasteiger partial charge in [-0.2, -0.15) is 0 Å². The standard InChI is InChI=1S/C34H40O12/c1-22(35)41-16-28(38)19-44-31-10-4-25(5-11-31)34(26-6-12-32(13-7-26)45-20-29(39)17-42-23(2)36)27-8-14-33(15-9-27)46-21-30(40)18-43-24(3)37/h4-15,28-30,34,38-40H,16-21H2,1-3H3. The highest BCUT2D eigenvalue weighted by atomic mass is 16.6. The summed E-state index contributed by atoms with van der Waals surface area (Å²) in [6.07, 6.45) is -2.91. The molecule has 12 nitrogen and oxygen atoms in total. The van der Waals surface area contributed by atoms with Gasteiger partial charge >= 0.3 is 17.9 Å². The van der Waals surface area contributed by atoms with Crippen LogP contribution in [0.5, 0.6) is 17.2 Å². The summed E-state index contributed by atoms with van der Waals surface area (Å²) in [6, 6.07) is 22.1. The van der Waals surface area contributed by atoms with Crippen LogP contribution in [0.3, 0.4) is 0 Å². The number of rotatable bonds is 18. The van der Waals surface area contributed by atoms with Gasteiger partial charge in [-0.05, 0) is 53.1 Å². The first-order valence-corrected chi connectivity index (χ1v) is 14.6. The molecular weight excluding hydrogens is 600 g/mol. The molecule has 46 heavy (non-hydrogen) atoms. The molecule has 0 aromatic heterocycles. The summed E-state index contributed by atoms with van der Waals surface area (Å²) in [5, 5.41) is 30.0. The molecule has 248 valence electrons. The van der Waals surface area contributed by atoms with E-state index < -0.39 is 36.2 Å². The van der Waals surface area contributed by atoms with E-state index in [0.717, 1.165) is 16.7 Å². The number of hydrogen-bond donors (Lipinski definition) is 3. The van der Waals surface area contributed by atoms with Crippen molar-refractivity contribution < 1.29 is 58.1 Å². The fourth-order valence-electron chi connectivity index (χ4n) is 4.21. The number of carbonyl (C=O) groups is 3. The Kier molecular flexibility index (Phi) is 14.3. The second-order valence-corrected chi connectivity index (χ2v) is 10.4. The molecule has 0 radical (unpaired) electrons. The van der Waals surface area contributed by atoms with E-state index in [1.54, 1.807) is 36.4 Å². The van der Waals surface area contributed by atoms with Gasteiger partial charge in [0.15, 0.2) is 0 Å².